The molecule has 19 heavy (non-hydrogen) atoms. The third-order valence-corrected chi connectivity index (χ3v) is 5.19. The minimum Gasteiger partial charge on any atom is -0.504 e. The van der Waals surface area contributed by atoms with Crippen molar-refractivity contribution < 1.29 is 9.84 Å². The van der Waals surface area contributed by atoms with Crippen LogP contribution in [-0.2, 0) is 5.41 Å². The van der Waals surface area contributed by atoms with Crippen molar-refractivity contribution in [1.29, 1.82) is 0 Å². The summed E-state index contributed by atoms with van der Waals surface area (Å²) in [6.07, 6.45) is 6.43. The number of aromatic hydroxyl groups is 1. The molecule has 0 unspecified atom stereocenters. The fourth-order valence-electron chi connectivity index (χ4n) is 4.15. The number of benzene rings is 1. The van der Waals surface area contributed by atoms with E-state index in [1.165, 1.54) is 44.2 Å². The Morgan fingerprint density at radius 1 is 1.32 bits per heavy atom. The van der Waals surface area contributed by atoms with E-state index in [1.807, 2.05) is 6.07 Å². The predicted octanol–water partition coefficient (Wildman–Crippen LogP) is 2.92. The summed E-state index contributed by atoms with van der Waals surface area (Å²) in [7, 11) is 3.87. The Balaban J connectivity index is 2.03. The van der Waals surface area contributed by atoms with Crippen LogP contribution in [0, 0.1) is 0 Å². The lowest BCUT2D eigenvalue weighted by molar-refractivity contribution is 0.181. The second kappa shape index (κ2) is 4.71. The van der Waals surface area contributed by atoms with E-state index in [9.17, 15) is 5.11 Å². The Kier molecular flexibility index (Phi) is 3.17. The molecule has 2 aliphatic rings. The molecule has 0 amide bonds. The number of phenols is 1. The predicted molar refractivity (Wildman–Crippen MR) is 75.8 cm³/mol. The van der Waals surface area contributed by atoms with Crippen molar-refractivity contribution in [2.24, 2.45) is 0 Å². The fourth-order valence-corrected chi connectivity index (χ4v) is 4.15. The summed E-state index contributed by atoms with van der Waals surface area (Å²) in [6, 6.07) is 6.57. The van der Waals surface area contributed by atoms with Crippen molar-refractivity contribution in [2.45, 2.75) is 43.6 Å². The summed E-state index contributed by atoms with van der Waals surface area (Å²) in [6.45, 7) is 1.17. The van der Waals surface area contributed by atoms with Gasteiger partial charge in [0.1, 0.15) is 0 Å². The molecule has 2 fully saturated rings. The van der Waals surface area contributed by atoms with Gasteiger partial charge >= 0.3 is 0 Å². The Bertz CT molecular complexity index is 470. The number of ether oxygens (including phenoxy) is 1. The van der Waals surface area contributed by atoms with Crippen LogP contribution in [0.4, 0.5) is 0 Å². The number of likely N-dealkylation sites (N-methyl/N-ethyl adjacent to an activating group) is 1. The first-order valence-corrected chi connectivity index (χ1v) is 7.25. The normalized spacial score (nSPS) is 31.2. The largest absolute Gasteiger partial charge is 0.504 e. The molecule has 1 aliphatic carbocycles. The van der Waals surface area contributed by atoms with Gasteiger partial charge in [0, 0.05) is 11.5 Å². The third-order valence-electron chi connectivity index (χ3n) is 5.19. The number of nitrogens with zero attached hydrogens (tertiary/aromatic N) is 1. The molecule has 104 valence electrons. The summed E-state index contributed by atoms with van der Waals surface area (Å²) < 4.78 is 5.28. The quantitative estimate of drug-likeness (QED) is 0.888. The van der Waals surface area contributed by atoms with Gasteiger partial charge in [-0.05, 0) is 50.6 Å². The molecular formula is C16H23NO2. The van der Waals surface area contributed by atoms with Gasteiger partial charge in [-0.2, -0.15) is 0 Å². The van der Waals surface area contributed by atoms with Crippen LogP contribution in [0.2, 0.25) is 0 Å². The number of hydrogen-bond donors (Lipinski definition) is 1. The Morgan fingerprint density at radius 3 is 2.95 bits per heavy atom. The highest BCUT2D eigenvalue weighted by Crippen LogP contribution is 2.49. The van der Waals surface area contributed by atoms with Gasteiger partial charge in [-0.1, -0.05) is 18.9 Å². The molecule has 1 saturated heterocycles. The molecule has 0 aromatic heterocycles. The maximum Gasteiger partial charge on any atom is 0.160 e. The topological polar surface area (TPSA) is 32.7 Å². The van der Waals surface area contributed by atoms with Crippen molar-refractivity contribution in [3.8, 4) is 11.5 Å². The van der Waals surface area contributed by atoms with Crippen LogP contribution < -0.4 is 4.74 Å². The van der Waals surface area contributed by atoms with Gasteiger partial charge in [-0.15, -0.1) is 0 Å². The maximum atomic E-state index is 9.79. The van der Waals surface area contributed by atoms with Crippen molar-refractivity contribution >= 4 is 0 Å². The number of likely N-dealkylation sites (tertiary alicyclic amines) is 1. The zero-order chi connectivity index (χ0) is 13.5. The first kappa shape index (κ1) is 12.8. The average molecular weight is 261 g/mol. The summed E-state index contributed by atoms with van der Waals surface area (Å²) in [5.41, 5.74) is 1.62. The Morgan fingerprint density at radius 2 is 2.16 bits per heavy atom. The maximum absolute atomic E-state index is 9.79. The van der Waals surface area contributed by atoms with Gasteiger partial charge in [0.25, 0.3) is 0 Å². The van der Waals surface area contributed by atoms with Crippen LogP contribution in [0.3, 0.4) is 0 Å². The average Bonchev–Trinajstić information content (AvgIpc) is 2.78. The third kappa shape index (κ3) is 1.91. The van der Waals surface area contributed by atoms with Crippen LogP contribution in [0.25, 0.3) is 0 Å². The van der Waals surface area contributed by atoms with Gasteiger partial charge in [0.05, 0.1) is 7.11 Å². The molecule has 1 aromatic rings. The first-order valence-electron chi connectivity index (χ1n) is 7.25. The molecule has 1 aliphatic heterocycles. The molecule has 2 atom stereocenters. The van der Waals surface area contributed by atoms with E-state index in [-0.39, 0.29) is 11.2 Å². The Hall–Kier alpha value is -1.22. The van der Waals surface area contributed by atoms with E-state index in [2.05, 4.69) is 18.0 Å². The fraction of sp³-hybridized carbons (Fsp3) is 0.625. The van der Waals surface area contributed by atoms with Crippen molar-refractivity contribution in [3.05, 3.63) is 23.8 Å². The van der Waals surface area contributed by atoms with Gasteiger partial charge in [-0.25, -0.2) is 0 Å². The first-order chi connectivity index (χ1) is 9.17. The Labute approximate surface area is 115 Å². The number of phenolic OH excluding ortho intramolecular Hbond substituents is 1. The van der Waals surface area contributed by atoms with E-state index >= 15 is 0 Å². The second-order valence-electron chi connectivity index (χ2n) is 6.03. The lowest BCUT2D eigenvalue weighted by Crippen LogP contribution is -2.43. The molecule has 1 aromatic carbocycles. The van der Waals surface area contributed by atoms with E-state index in [4.69, 9.17) is 4.74 Å². The second-order valence-corrected chi connectivity index (χ2v) is 6.03. The summed E-state index contributed by atoms with van der Waals surface area (Å²) >= 11 is 0. The minimum atomic E-state index is 0.237. The van der Waals surface area contributed by atoms with Crippen LogP contribution in [0.15, 0.2) is 18.2 Å². The van der Waals surface area contributed by atoms with E-state index in [0.29, 0.717) is 11.8 Å². The highest BCUT2D eigenvalue weighted by atomic mass is 16.5. The van der Waals surface area contributed by atoms with Crippen molar-refractivity contribution in [1.82, 2.24) is 4.90 Å². The van der Waals surface area contributed by atoms with Gasteiger partial charge < -0.3 is 14.7 Å². The number of fused-ring (bicyclic) bond motifs is 1. The van der Waals surface area contributed by atoms with Crippen molar-refractivity contribution in [2.75, 3.05) is 20.7 Å². The monoisotopic (exact) mass is 261 g/mol. The van der Waals surface area contributed by atoms with E-state index in [0.717, 1.165) is 0 Å². The minimum absolute atomic E-state index is 0.237. The number of rotatable bonds is 2. The lowest BCUT2D eigenvalue weighted by atomic mass is 9.66. The smallest absolute Gasteiger partial charge is 0.160 e. The summed E-state index contributed by atoms with van der Waals surface area (Å²) in [4.78, 5) is 2.51. The molecular weight excluding hydrogens is 238 g/mol. The SMILES string of the molecule is COc1cc([C@]23CCCC[C@H]2N(C)CC3)ccc1O. The van der Waals surface area contributed by atoms with Gasteiger partial charge in [0.2, 0.25) is 0 Å². The highest BCUT2D eigenvalue weighted by molar-refractivity contribution is 5.45. The standard InChI is InChI=1S/C16H23NO2/c1-17-10-9-16(8-4-3-5-15(16)17)12-6-7-13(18)14(11-12)19-2/h6-7,11,15,18H,3-5,8-10H2,1-2H3/t15-,16-/m1/s1. The number of methoxy groups -OCH3 is 1. The molecule has 0 bridgehead atoms. The van der Waals surface area contributed by atoms with Crippen LogP contribution in [0.5, 0.6) is 11.5 Å². The zero-order valence-electron chi connectivity index (χ0n) is 11.9. The van der Waals surface area contributed by atoms with Crippen LogP contribution >= 0.6 is 0 Å². The van der Waals surface area contributed by atoms with E-state index < -0.39 is 0 Å². The molecule has 0 radical (unpaired) electrons. The molecule has 1 heterocycles. The van der Waals surface area contributed by atoms with E-state index in [1.54, 1.807) is 13.2 Å². The van der Waals surface area contributed by atoms with Gasteiger partial charge in [-0.3, -0.25) is 0 Å². The van der Waals surface area contributed by atoms with Crippen LogP contribution in [-0.4, -0.2) is 36.8 Å². The molecule has 1 N–H and O–H groups in total. The number of hydrogen-bond acceptors (Lipinski definition) is 3. The molecule has 0 spiro atoms. The molecule has 1 saturated carbocycles. The lowest BCUT2D eigenvalue weighted by Gasteiger charge is -2.41. The molecule has 3 rings (SSSR count). The molecule has 3 heteroatoms. The zero-order valence-corrected chi connectivity index (χ0v) is 11.9. The molecule has 3 nitrogen and oxygen atoms in total. The summed E-state index contributed by atoms with van der Waals surface area (Å²) in [5, 5.41) is 9.79. The van der Waals surface area contributed by atoms with Crippen LogP contribution in [0.1, 0.15) is 37.7 Å². The highest BCUT2D eigenvalue weighted by Gasteiger charge is 2.48. The van der Waals surface area contributed by atoms with Crippen molar-refractivity contribution in [3.63, 3.8) is 0 Å². The summed E-state index contributed by atoms with van der Waals surface area (Å²) in [5.74, 6) is 0.840. The van der Waals surface area contributed by atoms with Gasteiger partial charge in [0.15, 0.2) is 11.5 Å².